The highest BCUT2D eigenvalue weighted by Crippen LogP contribution is 2.33. The quantitative estimate of drug-likeness (QED) is 0.256. The standard InChI is InChI=1S/C29H31N3O4S/c1-6-14-30-28(33)23-17-25(24-18-37-29(31-24)21-8-10-22(34-3)11-9-21)32(19(23)2)15-13-20-7-12-26(35-4)27(16-20)36-5/h6-12,16-18H,1,13-15H2,2-5H3,(H,30,33). The van der Waals surface area contributed by atoms with Crippen molar-refractivity contribution in [3.63, 3.8) is 0 Å². The molecule has 0 atom stereocenters. The van der Waals surface area contributed by atoms with Crippen LogP contribution >= 0.6 is 11.3 Å². The van der Waals surface area contributed by atoms with Gasteiger partial charge in [-0.1, -0.05) is 12.1 Å². The number of hydrogen-bond acceptors (Lipinski definition) is 6. The molecule has 2 heterocycles. The lowest BCUT2D eigenvalue weighted by atomic mass is 10.1. The average molecular weight is 518 g/mol. The summed E-state index contributed by atoms with van der Waals surface area (Å²) in [5, 5.41) is 5.83. The number of hydrogen-bond donors (Lipinski definition) is 1. The third-order valence-corrected chi connectivity index (χ3v) is 7.09. The van der Waals surface area contributed by atoms with Crippen LogP contribution in [0.25, 0.3) is 22.0 Å². The van der Waals surface area contributed by atoms with Gasteiger partial charge in [0.05, 0.1) is 38.3 Å². The molecule has 0 bridgehead atoms. The van der Waals surface area contributed by atoms with Gasteiger partial charge in [0.2, 0.25) is 0 Å². The summed E-state index contributed by atoms with van der Waals surface area (Å²) in [6.45, 7) is 6.74. The van der Waals surface area contributed by atoms with E-state index in [0.29, 0.717) is 30.2 Å². The fourth-order valence-corrected chi connectivity index (χ4v) is 4.99. The fourth-order valence-electron chi connectivity index (χ4n) is 4.17. The van der Waals surface area contributed by atoms with Crippen molar-refractivity contribution in [1.82, 2.24) is 14.9 Å². The largest absolute Gasteiger partial charge is 0.497 e. The second-order valence-electron chi connectivity index (χ2n) is 8.38. The zero-order chi connectivity index (χ0) is 26.4. The lowest BCUT2D eigenvalue weighted by Crippen LogP contribution is -2.23. The van der Waals surface area contributed by atoms with Gasteiger partial charge in [0.1, 0.15) is 10.8 Å². The minimum Gasteiger partial charge on any atom is -0.497 e. The smallest absolute Gasteiger partial charge is 0.253 e. The van der Waals surface area contributed by atoms with E-state index in [1.165, 1.54) is 0 Å². The van der Waals surface area contributed by atoms with Crippen LogP contribution in [-0.4, -0.2) is 43.3 Å². The molecule has 7 nitrogen and oxygen atoms in total. The van der Waals surface area contributed by atoms with E-state index in [-0.39, 0.29) is 5.91 Å². The molecule has 0 aliphatic carbocycles. The molecule has 37 heavy (non-hydrogen) atoms. The molecule has 0 aliphatic heterocycles. The number of thiazole rings is 1. The van der Waals surface area contributed by atoms with Crippen LogP contribution in [0, 0.1) is 6.92 Å². The molecule has 1 amide bonds. The topological polar surface area (TPSA) is 74.6 Å². The van der Waals surface area contributed by atoms with Crippen LogP contribution in [0.3, 0.4) is 0 Å². The van der Waals surface area contributed by atoms with Gasteiger partial charge in [0.15, 0.2) is 11.5 Å². The van der Waals surface area contributed by atoms with Crippen molar-refractivity contribution in [2.75, 3.05) is 27.9 Å². The summed E-state index contributed by atoms with van der Waals surface area (Å²) in [6, 6.07) is 15.7. The lowest BCUT2D eigenvalue weighted by Gasteiger charge is -2.13. The van der Waals surface area contributed by atoms with E-state index in [1.54, 1.807) is 38.7 Å². The molecule has 192 valence electrons. The molecule has 0 unspecified atom stereocenters. The second-order valence-corrected chi connectivity index (χ2v) is 9.24. The first kappa shape index (κ1) is 26.0. The van der Waals surface area contributed by atoms with Gasteiger partial charge >= 0.3 is 0 Å². The Kier molecular flexibility index (Phi) is 8.30. The Morgan fingerprint density at radius 1 is 1.05 bits per heavy atom. The summed E-state index contributed by atoms with van der Waals surface area (Å²) in [5.74, 6) is 2.06. The number of amides is 1. The Hall–Kier alpha value is -4.04. The highest BCUT2D eigenvalue weighted by molar-refractivity contribution is 7.13. The molecule has 0 spiro atoms. The number of rotatable bonds is 11. The van der Waals surface area contributed by atoms with Crippen molar-refractivity contribution >= 4 is 17.2 Å². The van der Waals surface area contributed by atoms with Crippen molar-refractivity contribution < 1.29 is 19.0 Å². The van der Waals surface area contributed by atoms with Crippen LogP contribution in [0.1, 0.15) is 21.6 Å². The second kappa shape index (κ2) is 11.8. The average Bonchev–Trinajstić information content (AvgIpc) is 3.55. The molecular formula is C29H31N3O4S. The van der Waals surface area contributed by atoms with Crippen molar-refractivity contribution in [2.24, 2.45) is 0 Å². The fraction of sp³-hybridized carbons (Fsp3) is 0.241. The predicted octanol–water partition coefficient (Wildman–Crippen LogP) is 5.77. The Bertz CT molecular complexity index is 1390. The van der Waals surface area contributed by atoms with Crippen LogP contribution < -0.4 is 19.5 Å². The maximum atomic E-state index is 12.9. The molecule has 0 aliphatic rings. The summed E-state index contributed by atoms with van der Waals surface area (Å²) >= 11 is 1.57. The number of aryl methyl sites for hydroxylation is 1. The van der Waals surface area contributed by atoms with Gasteiger partial charge < -0.3 is 24.1 Å². The third-order valence-electron chi connectivity index (χ3n) is 6.19. The normalized spacial score (nSPS) is 10.7. The first-order chi connectivity index (χ1) is 18.0. The van der Waals surface area contributed by atoms with Gasteiger partial charge in [-0.2, -0.15) is 0 Å². The first-order valence-electron chi connectivity index (χ1n) is 11.9. The van der Waals surface area contributed by atoms with Gasteiger partial charge in [-0.05, 0) is 61.4 Å². The van der Waals surface area contributed by atoms with Crippen LogP contribution in [0.5, 0.6) is 17.2 Å². The van der Waals surface area contributed by atoms with Crippen LogP contribution in [0.4, 0.5) is 0 Å². The molecule has 0 saturated carbocycles. The van der Waals surface area contributed by atoms with Crippen LogP contribution in [0.2, 0.25) is 0 Å². The Balaban J connectivity index is 1.68. The maximum absolute atomic E-state index is 12.9. The Morgan fingerprint density at radius 3 is 2.49 bits per heavy atom. The molecule has 8 heteroatoms. The van der Waals surface area contributed by atoms with Crippen molar-refractivity contribution in [1.29, 1.82) is 0 Å². The molecule has 4 aromatic rings. The highest BCUT2D eigenvalue weighted by atomic mass is 32.1. The van der Waals surface area contributed by atoms with E-state index >= 15 is 0 Å². The van der Waals surface area contributed by atoms with E-state index in [0.717, 1.165) is 45.4 Å². The zero-order valence-corrected chi connectivity index (χ0v) is 22.4. The Morgan fingerprint density at radius 2 is 1.81 bits per heavy atom. The molecule has 2 aromatic carbocycles. The van der Waals surface area contributed by atoms with Gasteiger partial charge in [-0.15, -0.1) is 17.9 Å². The summed E-state index contributed by atoms with van der Waals surface area (Å²) in [7, 11) is 4.91. The van der Waals surface area contributed by atoms with E-state index in [9.17, 15) is 4.79 Å². The molecule has 0 fully saturated rings. The number of nitrogens with zero attached hydrogens (tertiary/aromatic N) is 2. The number of methoxy groups -OCH3 is 3. The maximum Gasteiger partial charge on any atom is 0.253 e. The van der Waals surface area contributed by atoms with E-state index < -0.39 is 0 Å². The van der Waals surface area contributed by atoms with E-state index in [4.69, 9.17) is 19.2 Å². The van der Waals surface area contributed by atoms with Gasteiger partial charge in [-0.25, -0.2) is 4.98 Å². The van der Waals surface area contributed by atoms with E-state index in [1.807, 2.05) is 60.8 Å². The molecular weight excluding hydrogens is 486 g/mol. The lowest BCUT2D eigenvalue weighted by molar-refractivity contribution is 0.0957. The molecule has 4 rings (SSSR count). The Labute approximate surface area is 221 Å². The van der Waals surface area contributed by atoms with Gasteiger partial charge in [0.25, 0.3) is 5.91 Å². The third kappa shape index (κ3) is 5.70. The van der Waals surface area contributed by atoms with E-state index in [2.05, 4.69) is 16.5 Å². The number of nitrogens with one attached hydrogen (secondary N) is 1. The van der Waals surface area contributed by atoms with Crippen LogP contribution in [-0.2, 0) is 13.0 Å². The first-order valence-corrected chi connectivity index (χ1v) is 12.8. The van der Waals surface area contributed by atoms with Crippen LogP contribution in [0.15, 0.2) is 66.6 Å². The molecule has 2 aromatic heterocycles. The molecule has 0 saturated heterocycles. The predicted molar refractivity (Wildman–Crippen MR) is 148 cm³/mol. The monoisotopic (exact) mass is 517 g/mol. The number of carbonyl (C=O) groups excluding carboxylic acids is 1. The summed E-state index contributed by atoms with van der Waals surface area (Å²) < 4.78 is 18.3. The zero-order valence-electron chi connectivity index (χ0n) is 21.5. The van der Waals surface area contributed by atoms with Crippen molar-refractivity contribution in [2.45, 2.75) is 19.9 Å². The van der Waals surface area contributed by atoms with Gasteiger partial charge in [-0.3, -0.25) is 4.79 Å². The number of ether oxygens (including phenoxy) is 3. The molecule has 0 radical (unpaired) electrons. The van der Waals surface area contributed by atoms with Crippen molar-refractivity contribution in [3.05, 3.63) is 83.4 Å². The van der Waals surface area contributed by atoms with Gasteiger partial charge in [0, 0.05) is 29.7 Å². The number of benzene rings is 2. The number of carbonyl (C=O) groups is 1. The minimum atomic E-state index is -0.130. The summed E-state index contributed by atoms with van der Waals surface area (Å²) in [4.78, 5) is 17.8. The highest BCUT2D eigenvalue weighted by Gasteiger charge is 2.20. The SMILES string of the molecule is C=CCNC(=O)c1cc(-c2csc(-c3ccc(OC)cc3)n2)n(CCc2ccc(OC)c(OC)c2)c1C. The molecule has 1 N–H and O–H groups in total. The number of aromatic nitrogens is 2. The minimum absolute atomic E-state index is 0.130. The van der Waals surface area contributed by atoms with Crippen molar-refractivity contribution in [3.8, 4) is 39.2 Å². The summed E-state index contributed by atoms with van der Waals surface area (Å²) in [5.41, 5.74) is 5.36. The summed E-state index contributed by atoms with van der Waals surface area (Å²) in [6.07, 6.45) is 2.41.